The molecule has 0 unspecified atom stereocenters. The number of thiazole rings is 1. The second-order valence-electron chi connectivity index (χ2n) is 9.24. The molecule has 2 heterocycles. The van der Waals surface area contributed by atoms with Gasteiger partial charge in [-0.15, -0.1) is 0 Å². The summed E-state index contributed by atoms with van der Waals surface area (Å²) < 4.78 is 33.2. The predicted molar refractivity (Wildman–Crippen MR) is 159 cm³/mol. The molecule has 0 saturated heterocycles. The Morgan fingerprint density at radius 3 is 2.23 bits per heavy atom. The molecule has 0 amide bonds. The molecule has 3 aromatic rings. The number of methoxy groups -OCH3 is 2. The van der Waals surface area contributed by atoms with Crippen molar-refractivity contribution < 1.29 is 42.8 Å². The smallest absolute Gasteiger partial charge is 0.343 e. The predicted octanol–water partition coefficient (Wildman–Crippen LogP) is 2.30. The summed E-state index contributed by atoms with van der Waals surface area (Å²) in [4.78, 5) is 55.2. The number of rotatable bonds is 12. The van der Waals surface area contributed by atoms with Crippen molar-refractivity contribution in [3.05, 3.63) is 84.5 Å². The molecule has 0 aliphatic carbocycles. The SMILES string of the molecule is CCOC(=O)C1=C(C)N=c2s/c(=C\c3ccc(OCC(=O)OC)cc3)c(=O)n2[C@@H]1c1ccc(OCC(=O)OC)c(OCC)c1. The molecule has 12 nitrogen and oxygen atoms in total. The molecule has 4 rings (SSSR count). The normalized spacial score (nSPS) is 14.3. The Morgan fingerprint density at radius 2 is 1.59 bits per heavy atom. The number of allylic oxidation sites excluding steroid dienone is 1. The van der Waals surface area contributed by atoms with Crippen LogP contribution in [0.15, 0.2) is 63.5 Å². The van der Waals surface area contributed by atoms with E-state index in [0.29, 0.717) is 50.0 Å². The third-order valence-electron chi connectivity index (χ3n) is 6.44. The number of fused-ring (bicyclic) bond motifs is 1. The Kier molecular flexibility index (Phi) is 10.6. The first-order valence-corrected chi connectivity index (χ1v) is 14.5. The van der Waals surface area contributed by atoms with E-state index in [1.165, 1.54) is 30.1 Å². The summed E-state index contributed by atoms with van der Waals surface area (Å²) in [5.41, 5.74) is 1.53. The first kappa shape index (κ1) is 32.0. The fourth-order valence-corrected chi connectivity index (χ4v) is 5.44. The lowest BCUT2D eigenvalue weighted by Gasteiger charge is -2.25. The van der Waals surface area contributed by atoms with Crippen LogP contribution in [0.25, 0.3) is 6.08 Å². The van der Waals surface area contributed by atoms with E-state index in [2.05, 4.69) is 14.5 Å². The maximum atomic E-state index is 13.9. The van der Waals surface area contributed by atoms with Crippen molar-refractivity contribution in [2.24, 2.45) is 4.99 Å². The minimum Gasteiger partial charge on any atom is -0.490 e. The lowest BCUT2D eigenvalue weighted by atomic mass is 9.95. The molecule has 1 aromatic heterocycles. The molecule has 1 aliphatic heterocycles. The van der Waals surface area contributed by atoms with Gasteiger partial charge in [0.1, 0.15) is 5.75 Å². The molecular weight excluding hydrogens is 592 g/mol. The highest BCUT2D eigenvalue weighted by molar-refractivity contribution is 7.07. The van der Waals surface area contributed by atoms with E-state index in [9.17, 15) is 19.2 Å². The molecule has 2 aromatic carbocycles. The number of benzene rings is 2. The second kappa shape index (κ2) is 14.5. The van der Waals surface area contributed by atoms with Gasteiger partial charge in [0.25, 0.3) is 5.56 Å². The number of carbonyl (C=O) groups is 3. The van der Waals surface area contributed by atoms with Crippen molar-refractivity contribution >= 4 is 35.3 Å². The monoisotopic (exact) mass is 624 g/mol. The van der Waals surface area contributed by atoms with Crippen LogP contribution in [0.2, 0.25) is 0 Å². The maximum absolute atomic E-state index is 13.9. The molecule has 0 saturated carbocycles. The van der Waals surface area contributed by atoms with Crippen LogP contribution in [-0.2, 0) is 28.6 Å². The number of esters is 3. The standard InChI is InChI=1S/C31H32N2O10S/c1-6-40-23-15-20(10-13-22(23)43-17-26(35)39-5)28-27(30(37)41-7-2)18(3)32-31-33(28)29(36)24(44-31)14-19-8-11-21(12-9-19)42-16-25(34)38-4/h8-15,28H,6-7,16-17H2,1-5H3/b24-14-/t28-/m1/s1. The molecule has 232 valence electrons. The summed E-state index contributed by atoms with van der Waals surface area (Å²) in [5, 5.41) is 0. The molecule has 44 heavy (non-hydrogen) atoms. The van der Waals surface area contributed by atoms with Crippen molar-refractivity contribution in [3.63, 3.8) is 0 Å². The summed E-state index contributed by atoms with van der Waals surface area (Å²) >= 11 is 1.18. The van der Waals surface area contributed by atoms with E-state index in [1.807, 2.05) is 0 Å². The van der Waals surface area contributed by atoms with Crippen molar-refractivity contribution in [1.29, 1.82) is 0 Å². The van der Waals surface area contributed by atoms with Gasteiger partial charge in [0.15, 0.2) is 29.5 Å². The summed E-state index contributed by atoms with van der Waals surface area (Å²) in [6.45, 7) is 5.08. The molecule has 0 radical (unpaired) electrons. The van der Waals surface area contributed by atoms with E-state index in [4.69, 9.17) is 18.9 Å². The van der Waals surface area contributed by atoms with Gasteiger partial charge in [-0.25, -0.2) is 19.4 Å². The van der Waals surface area contributed by atoms with Crippen LogP contribution >= 0.6 is 11.3 Å². The number of ether oxygens (including phenoxy) is 6. The fraction of sp³-hybridized carbons (Fsp3) is 0.323. The Balaban J connectivity index is 1.80. The van der Waals surface area contributed by atoms with Gasteiger partial charge in [-0.3, -0.25) is 9.36 Å². The van der Waals surface area contributed by atoms with E-state index in [-0.39, 0.29) is 31.0 Å². The fourth-order valence-electron chi connectivity index (χ4n) is 4.40. The van der Waals surface area contributed by atoms with E-state index in [1.54, 1.807) is 69.3 Å². The molecule has 0 N–H and O–H groups in total. The lowest BCUT2D eigenvalue weighted by molar-refractivity contribution is -0.143. The molecule has 0 fully saturated rings. The molecule has 13 heteroatoms. The van der Waals surface area contributed by atoms with Crippen LogP contribution in [0.1, 0.15) is 37.9 Å². The third-order valence-corrected chi connectivity index (χ3v) is 7.42. The zero-order valence-electron chi connectivity index (χ0n) is 24.9. The number of nitrogens with zero attached hydrogens (tertiary/aromatic N) is 2. The van der Waals surface area contributed by atoms with Gasteiger partial charge in [-0.2, -0.15) is 0 Å². The lowest BCUT2D eigenvalue weighted by Crippen LogP contribution is -2.40. The zero-order chi connectivity index (χ0) is 31.8. The Bertz CT molecular complexity index is 1750. The second-order valence-corrected chi connectivity index (χ2v) is 10.2. The molecule has 1 aliphatic rings. The highest BCUT2D eigenvalue weighted by Gasteiger charge is 2.34. The van der Waals surface area contributed by atoms with Gasteiger partial charge in [0, 0.05) is 0 Å². The van der Waals surface area contributed by atoms with E-state index < -0.39 is 23.9 Å². The van der Waals surface area contributed by atoms with E-state index >= 15 is 0 Å². The molecular formula is C31H32N2O10S. The van der Waals surface area contributed by atoms with Crippen LogP contribution in [0.4, 0.5) is 0 Å². The van der Waals surface area contributed by atoms with Crippen molar-refractivity contribution in [3.8, 4) is 17.2 Å². The summed E-state index contributed by atoms with van der Waals surface area (Å²) in [5.74, 6) is -0.573. The third kappa shape index (κ3) is 7.17. The van der Waals surface area contributed by atoms with Crippen LogP contribution in [-0.4, -0.2) is 63.1 Å². The quantitative estimate of drug-likeness (QED) is 0.218. The average Bonchev–Trinajstić information content (AvgIpc) is 3.32. The largest absolute Gasteiger partial charge is 0.490 e. The molecule has 1 atom stereocenters. The van der Waals surface area contributed by atoms with Gasteiger partial charge >= 0.3 is 17.9 Å². The zero-order valence-corrected chi connectivity index (χ0v) is 25.7. The van der Waals surface area contributed by atoms with Crippen molar-refractivity contribution in [2.45, 2.75) is 26.8 Å². The average molecular weight is 625 g/mol. The van der Waals surface area contributed by atoms with Crippen LogP contribution in [0.3, 0.4) is 0 Å². The van der Waals surface area contributed by atoms with E-state index in [0.717, 1.165) is 0 Å². The Morgan fingerprint density at radius 1 is 0.909 bits per heavy atom. The number of aromatic nitrogens is 1. The van der Waals surface area contributed by atoms with Gasteiger partial charge in [-0.1, -0.05) is 29.5 Å². The van der Waals surface area contributed by atoms with Gasteiger partial charge < -0.3 is 28.4 Å². The van der Waals surface area contributed by atoms with Gasteiger partial charge in [-0.05, 0) is 62.2 Å². The highest BCUT2D eigenvalue weighted by Crippen LogP contribution is 2.36. The Labute approximate surface area is 256 Å². The Hall–Kier alpha value is -4.91. The maximum Gasteiger partial charge on any atom is 0.343 e. The molecule has 0 spiro atoms. The summed E-state index contributed by atoms with van der Waals surface area (Å²) in [7, 11) is 2.54. The van der Waals surface area contributed by atoms with Crippen LogP contribution in [0, 0.1) is 0 Å². The first-order valence-electron chi connectivity index (χ1n) is 13.7. The number of carbonyl (C=O) groups excluding carboxylic acids is 3. The first-order chi connectivity index (χ1) is 21.2. The van der Waals surface area contributed by atoms with Crippen LogP contribution < -0.4 is 29.1 Å². The van der Waals surface area contributed by atoms with Crippen LogP contribution in [0.5, 0.6) is 17.2 Å². The van der Waals surface area contributed by atoms with Crippen molar-refractivity contribution in [1.82, 2.24) is 4.57 Å². The van der Waals surface area contributed by atoms with Crippen molar-refractivity contribution in [2.75, 3.05) is 40.6 Å². The van der Waals surface area contributed by atoms with Gasteiger partial charge in [0.05, 0.1) is 49.3 Å². The number of hydrogen-bond donors (Lipinski definition) is 0. The topological polar surface area (TPSA) is 141 Å². The summed E-state index contributed by atoms with van der Waals surface area (Å²) in [6.07, 6.45) is 1.71. The highest BCUT2D eigenvalue weighted by atomic mass is 32.1. The van der Waals surface area contributed by atoms with Gasteiger partial charge in [0.2, 0.25) is 0 Å². The minimum absolute atomic E-state index is 0.136. The summed E-state index contributed by atoms with van der Waals surface area (Å²) in [6, 6.07) is 11.0. The molecule has 0 bridgehead atoms. The number of hydrogen-bond acceptors (Lipinski definition) is 12. The minimum atomic E-state index is -0.879.